The van der Waals surface area contributed by atoms with Crippen LogP contribution in [0.3, 0.4) is 0 Å². The van der Waals surface area contributed by atoms with Crippen LogP contribution in [-0.2, 0) is 23.5 Å². The summed E-state index contributed by atoms with van der Waals surface area (Å²) in [7, 11) is -1.54. The number of aromatic nitrogens is 2. The second-order valence-electron chi connectivity index (χ2n) is 3.58. The van der Waals surface area contributed by atoms with E-state index in [1.54, 1.807) is 17.9 Å². The molecule has 92 valence electrons. The molecule has 3 N–H and O–H groups in total. The van der Waals surface area contributed by atoms with E-state index in [2.05, 4.69) is 9.82 Å². The van der Waals surface area contributed by atoms with E-state index in [-0.39, 0.29) is 5.75 Å². The zero-order valence-electron chi connectivity index (χ0n) is 9.60. The fourth-order valence-electron chi connectivity index (χ4n) is 1.37. The van der Waals surface area contributed by atoms with Gasteiger partial charge in [0.1, 0.15) is 0 Å². The molecular weight excluding hydrogens is 228 g/mol. The Morgan fingerprint density at radius 1 is 1.56 bits per heavy atom. The lowest BCUT2D eigenvalue weighted by Crippen LogP contribution is -2.19. The number of nitrogens with one attached hydrogen (secondary N) is 1. The predicted octanol–water partition coefficient (Wildman–Crippen LogP) is 0.0730. The molecule has 1 heterocycles. The molecule has 0 atom stereocenters. The van der Waals surface area contributed by atoms with E-state index in [9.17, 15) is 8.42 Å². The van der Waals surface area contributed by atoms with E-state index in [1.807, 2.05) is 6.92 Å². The van der Waals surface area contributed by atoms with E-state index >= 15 is 0 Å². The molecule has 0 spiro atoms. The van der Waals surface area contributed by atoms with Gasteiger partial charge in [0, 0.05) is 13.2 Å². The minimum Gasteiger partial charge on any atom is -0.330 e. The van der Waals surface area contributed by atoms with E-state index in [0.29, 0.717) is 25.1 Å². The molecule has 1 aromatic heterocycles. The van der Waals surface area contributed by atoms with Gasteiger partial charge in [-0.1, -0.05) is 6.92 Å². The third-order valence-corrected chi connectivity index (χ3v) is 3.48. The second kappa shape index (κ2) is 5.31. The number of nitrogens with two attached hydrogens (primary N) is 1. The minimum absolute atomic E-state index is 0.0432. The Morgan fingerprint density at radius 3 is 2.81 bits per heavy atom. The molecule has 6 nitrogen and oxygen atoms in total. The first-order valence-corrected chi connectivity index (χ1v) is 6.87. The highest BCUT2D eigenvalue weighted by molar-refractivity contribution is 7.92. The van der Waals surface area contributed by atoms with Crippen LogP contribution in [0, 0.1) is 0 Å². The molecule has 1 rings (SSSR count). The number of hydrogen-bond donors (Lipinski definition) is 2. The average Bonchev–Trinajstić information content (AvgIpc) is 2.55. The summed E-state index contributed by atoms with van der Waals surface area (Å²) in [6.07, 6.45) is 2.81. The maximum atomic E-state index is 11.6. The first-order chi connectivity index (χ1) is 7.48. The van der Waals surface area contributed by atoms with Crippen molar-refractivity contribution >= 4 is 15.7 Å². The van der Waals surface area contributed by atoms with Gasteiger partial charge in [0.2, 0.25) is 10.0 Å². The van der Waals surface area contributed by atoms with Crippen LogP contribution >= 0.6 is 0 Å². The Balaban J connectivity index is 2.79. The van der Waals surface area contributed by atoms with Crippen LogP contribution in [0.4, 0.5) is 5.69 Å². The van der Waals surface area contributed by atoms with Crippen molar-refractivity contribution in [3.05, 3.63) is 11.9 Å². The number of sulfonamides is 1. The van der Waals surface area contributed by atoms with Crippen molar-refractivity contribution < 1.29 is 8.42 Å². The first kappa shape index (κ1) is 13.0. The molecule has 0 fully saturated rings. The molecule has 0 aliphatic rings. The zero-order chi connectivity index (χ0) is 12.2. The Labute approximate surface area is 95.9 Å². The van der Waals surface area contributed by atoms with Gasteiger partial charge in [-0.15, -0.1) is 0 Å². The van der Waals surface area contributed by atoms with Crippen LogP contribution in [0.2, 0.25) is 0 Å². The van der Waals surface area contributed by atoms with Crippen molar-refractivity contribution in [2.75, 3.05) is 17.0 Å². The van der Waals surface area contributed by atoms with Gasteiger partial charge < -0.3 is 5.73 Å². The predicted molar refractivity (Wildman–Crippen MR) is 63.7 cm³/mol. The van der Waals surface area contributed by atoms with Gasteiger partial charge in [0.25, 0.3) is 0 Å². The summed E-state index contributed by atoms with van der Waals surface area (Å²) in [6.45, 7) is 2.30. The lowest BCUT2D eigenvalue weighted by Gasteiger charge is -2.06. The highest BCUT2D eigenvalue weighted by atomic mass is 32.2. The van der Waals surface area contributed by atoms with E-state index in [1.165, 1.54) is 0 Å². The lowest BCUT2D eigenvalue weighted by atomic mass is 10.3. The second-order valence-corrected chi connectivity index (χ2v) is 5.42. The Kier molecular flexibility index (Phi) is 4.31. The lowest BCUT2D eigenvalue weighted by molar-refractivity contribution is 0.598. The number of rotatable bonds is 6. The molecular formula is C9H18N4O2S. The highest BCUT2D eigenvalue weighted by Crippen LogP contribution is 2.15. The number of aryl methyl sites for hydroxylation is 2. The Bertz CT molecular complexity index is 438. The highest BCUT2D eigenvalue weighted by Gasteiger charge is 2.14. The summed E-state index contributed by atoms with van der Waals surface area (Å²) in [5, 5.41) is 4.16. The fourth-order valence-corrected chi connectivity index (χ4v) is 2.53. The summed E-state index contributed by atoms with van der Waals surface area (Å²) in [5.74, 6) is 0.0432. The van der Waals surface area contributed by atoms with Crippen molar-refractivity contribution in [3.63, 3.8) is 0 Å². The molecule has 16 heavy (non-hydrogen) atoms. The standard InChI is InChI=1S/C9H18N4O2S/c1-3-8-9(7-13(2)11-8)12-16(14,15)6-4-5-10/h7,12H,3-6,10H2,1-2H3. The minimum atomic E-state index is -3.30. The van der Waals surface area contributed by atoms with E-state index < -0.39 is 10.0 Å². The first-order valence-electron chi connectivity index (χ1n) is 5.21. The van der Waals surface area contributed by atoms with Gasteiger partial charge >= 0.3 is 0 Å². The van der Waals surface area contributed by atoms with Gasteiger partial charge in [-0.2, -0.15) is 5.10 Å². The Morgan fingerprint density at radius 2 is 2.25 bits per heavy atom. The maximum Gasteiger partial charge on any atom is 0.232 e. The van der Waals surface area contributed by atoms with Crippen molar-refractivity contribution in [2.24, 2.45) is 12.8 Å². The van der Waals surface area contributed by atoms with E-state index in [4.69, 9.17) is 5.73 Å². The van der Waals surface area contributed by atoms with Crippen molar-refractivity contribution in [1.82, 2.24) is 9.78 Å². The van der Waals surface area contributed by atoms with E-state index in [0.717, 1.165) is 5.69 Å². The average molecular weight is 246 g/mol. The summed E-state index contributed by atoms with van der Waals surface area (Å²) < 4.78 is 27.4. The summed E-state index contributed by atoms with van der Waals surface area (Å²) in [4.78, 5) is 0. The fraction of sp³-hybridized carbons (Fsp3) is 0.667. The van der Waals surface area contributed by atoms with Gasteiger partial charge in [-0.25, -0.2) is 8.42 Å². The topological polar surface area (TPSA) is 90.0 Å². The smallest absolute Gasteiger partial charge is 0.232 e. The van der Waals surface area contributed by atoms with Crippen LogP contribution in [0.1, 0.15) is 19.0 Å². The molecule has 0 amide bonds. The molecule has 0 saturated carbocycles. The molecule has 0 aromatic carbocycles. The molecule has 0 saturated heterocycles. The maximum absolute atomic E-state index is 11.6. The third kappa shape index (κ3) is 3.49. The van der Waals surface area contributed by atoms with Crippen LogP contribution in [0.25, 0.3) is 0 Å². The quantitative estimate of drug-likeness (QED) is 0.743. The molecule has 0 aliphatic heterocycles. The van der Waals surface area contributed by atoms with Crippen LogP contribution in [-0.4, -0.2) is 30.5 Å². The summed E-state index contributed by atoms with van der Waals surface area (Å²) in [5.41, 5.74) is 6.59. The third-order valence-electron chi connectivity index (χ3n) is 2.12. The van der Waals surface area contributed by atoms with Crippen LogP contribution in [0.5, 0.6) is 0 Å². The SMILES string of the molecule is CCc1nn(C)cc1NS(=O)(=O)CCCN. The van der Waals surface area contributed by atoms with Crippen molar-refractivity contribution in [1.29, 1.82) is 0 Å². The van der Waals surface area contributed by atoms with Crippen molar-refractivity contribution in [3.8, 4) is 0 Å². The Hall–Kier alpha value is -1.08. The number of nitrogens with zero attached hydrogens (tertiary/aromatic N) is 2. The monoisotopic (exact) mass is 246 g/mol. The van der Waals surface area contributed by atoms with Gasteiger partial charge in [0.15, 0.2) is 0 Å². The summed E-state index contributed by atoms with van der Waals surface area (Å²) >= 11 is 0. The molecule has 1 aromatic rings. The normalized spacial score (nSPS) is 11.7. The molecule has 0 aliphatic carbocycles. The van der Waals surface area contributed by atoms with Crippen LogP contribution in [0.15, 0.2) is 6.20 Å². The van der Waals surface area contributed by atoms with Crippen LogP contribution < -0.4 is 10.5 Å². The van der Waals surface area contributed by atoms with Gasteiger partial charge in [-0.05, 0) is 19.4 Å². The largest absolute Gasteiger partial charge is 0.330 e. The van der Waals surface area contributed by atoms with Gasteiger partial charge in [0.05, 0.1) is 17.1 Å². The molecule has 0 unspecified atom stereocenters. The number of anilines is 1. The van der Waals surface area contributed by atoms with Gasteiger partial charge in [-0.3, -0.25) is 9.40 Å². The number of hydrogen-bond acceptors (Lipinski definition) is 4. The molecule has 0 radical (unpaired) electrons. The van der Waals surface area contributed by atoms with Crippen molar-refractivity contribution in [2.45, 2.75) is 19.8 Å². The molecule has 0 bridgehead atoms. The molecule has 7 heteroatoms. The zero-order valence-corrected chi connectivity index (χ0v) is 10.4. The summed E-state index contributed by atoms with van der Waals surface area (Å²) in [6, 6.07) is 0.